The second-order valence-electron chi connectivity index (χ2n) is 8.97. The van der Waals surface area contributed by atoms with Crippen LogP contribution in [0.2, 0.25) is 0 Å². The standard InChI is InChI=1S/C23H36N2O5S/c1-7-12-24(6)15-21-17(2)14-25(18(3)16-26)31(28,29)22-9-8-19(13-20(22)30-21)10-11-23(4,5)27/h8-9,13,17-18,21,26-27H,7,12,14-16H2,1-6H3/t17-,18-,21-/m0/s1. The fourth-order valence-corrected chi connectivity index (χ4v) is 5.35. The van der Waals surface area contributed by atoms with E-state index in [1.807, 2.05) is 14.0 Å². The lowest BCUT2D eigenvalue weighted by molar-refractivity contribution is 0.0752. The molecule has 8 heteroatoms. The van der Waals surface area contributed by atoms with Crippen molar-refractivity contribution in [2.45, 2.75) is 63.7 Å². The van der Waals surface area contributed by atoms with E-state index in [0.717, 1.165) is 13.0 Å². The number of rotatable bonds is 6. The molecule has 0 fully saturated rings. The van der Waals surface area contributed by atoms with Crippen molar-refractivity contribution in [3.8, 4) is 17.6 Å². The largest absolute Gasteiger partial charge is 0.487 e. The van der Waals surface area contributed by atoms with E-state index in [-0.39, 0.29) is 35.8 Å². The first-order valence-corrected chi connectivity index (χ1v) is 12.2. The van der Waals surface area contributed by atoms with Gasteiger partial charge in [-0.3, -0.25) is 0 Å². The number of nitrogens with zero attached hydrogens (tertiary/aromatic N) is 2. The molecule has 0 radical (unpaired) electrons. The first-order valence-electron chi connectivity index (χ1n) is 10.8. The Bertz CT molecular complexity index is 914. The minimum Gasteiger partial charge on any atom is -0.487 e. The molecule has 0 aliphatic carbocycles. The van der Waals surface area contributed by atoms with E-state index in [2.05, 4.69) is 23.7 Å². The van der Waals surface area contributed by atoms with Gasteiger partial charge in [0.05, 0.1) is 6.61 Å². The van der Waals surface area contributed by atoms with Crippen molar-refractivity contribution in [1.29, 1.82) is 0 Å². The van der Waals surface area contributed by atoms with Gasteiger partial charge < -0.3 is 19.8 Å². The number of hydrogen-bond donors (Lipinski definition) is 2. The number of benzene rings is 1. The minimum atomic E-state index is -3.87. The van der Waals surface area contributed by atoms with Crippen molar-refractivity contribution in [2.24, 2.45) is 5.92 Å². The maximum atomic E-state index is 13.4. The molecule has 174 valence electrons. The summed E-state index contributed by atoms with van der Waals surface area (Å²) in [5.74, 6) is 5.79. The van der Waals surface area contributed by atoms with E-state index < -0.39 is 21.7 Å². The summed E-state index contributed by atoms with van der Waals surface area (Å²) in [5.41, 5.74) is -0.600. The molecule has 31 heavy (non-hydrogen) atoms. The summed E-state index contributed by atoms with van der Waals surface area (Å²) < 4.78 is 34.5. The van der Waals surface area contributed by atoms with Gasteiger partial charge in [0.15, 0.2) is 0 Å². The second kappa shape index (κ2) is 10.3. The molecule has 1 aliphatic rings. The zero-order valence-corrected chi connectivity index (χ0v) is 20.2. The molecular formula is C23H36N2O5S. The number of aliphatic hydroxyl groups excluding tert-OH is 1. The molecule has 0 unspecified atom stereocenters. The first kappa shape index (κ1) is 25.6. The second-order valence-corrected chi connectivity index (χ2v) is 10.8. The van der Waals surface area contributed by atoms with Crippen LogP contribution in [0.4, 0.5) is 0 Å². The summed E-state index contributed by atoms with van der Waals surface area (Å²) in [4.78, 5) is 2.24. The van der Waals surface area contributed by atoms with Gasteiger partial charge in [-0.05, 0) is 59.0 Å². The van der Waals surface area contributed by atoms with Gasteiger partial charge in [-0.2, -0.15) is 4.31 Å². The molecule has 0 saturated heterocycles. The van der Waals surface area contributed by atoms with E-state index in [9.17, 15) is 18.6 Å². The summed E-state index contributed by atoms with van der Waals surface area (Å²) in [7, 11) is -1.85. The van der Waals surface area contributed by atoms with Crippen LogP contribution in [-0.2, 0) is 10.0 Å². The van der Waals surface area contributed by atoms with Crippen LogP contribution < -0.4 is 4.74 Å². The SMILES string of the molecule is CCCN(C)C[C@@H]1Oc2cc(C#CC(C)(C)O)ccc2S(=O)(=O)N([C@@H](C)CO)C[C@@H]1C. The molecular weight excluding hydrogens is 416 g/mol. The molecule has 0 amide bonds. The zero-order chi connectivity index (χ0) is 23.4. The van der Waals surface area contributed by atoms with Gasteiger partial charge in [0.1, 0.15) is 22.4 Å². The smallest absolute Gasteiger partial charge is 0.247 e. The fourth-order valence-electron chi connectivity index (χ4n) is 3.53. The Morgan fingerprint density at radius 1 is 1.39 bits per heavy atom. The van der Waals surface area contributed by atoms with Crippen LogP contribution in [0.15, 0.2) is 23.1 Å². The van der Waals surface area contributed by atoms with Gasteiger partial charge in [-0.15, -0.1) is 0 Å². The van der Waals surface area contributed by atoms with Crippen molar-refractivity contribution in [1.82, 2.24) is 9.21 Å². The lowest BCUT2D eigenvalue weighted by Gasteiger charge is -2.37. The predicted octanol–water partition coefficient (Wildman–Crippen LogP) is 1.92. The molecule has 1 aromatic carbocycles. The van der Waals surface area contributed by atoms with Crippen molar-refractivity contribution >= 4 is 10.0 Å². The molecule has 1 aliphatic heterocycles. The Morgan fingerprint density at radius 2 is 2.06 bits per heavy atom. The summed E-state index contributed by atoms with van der Waals surface area (Å²) in [6.45, 7) is 10.5. The summed E-state index contributed by atoms with van der Waals surface area (Å²) in [6, 6.07) is 4.18. The average molecular weight is 453 g/mol. The van der Waals surface area contributed by atoms with Gasteiger partial charge in [-0.1, -0.05) is 25.7 Å². The van der Waals surface area contributed by atoms with E-state index in [1.165, 1.54) is 10.4 Å². The third kappa shape index (κ3) is 6.67. The quantitative estimate of drug-likeness (QED) is 0.641. The number of fused-ring (bicyclic) bond motifs is 1. The highest BCUT2D eigenvalue weighted by molar-refractivity contribution is 7.89. The Balaban J connectivity index is 2.58. The fraction of sp³-hybridized carbons (Fsp3) is 0.652. The number of ether oxygens (including phenoxy) is 1. The molecule has 2 N–H and O–H groups in total. The van der Waals surface area contributed by atoms with Crippen molar-refractivity contribution in [2.75, 3.05) is 33.3 Å². The molecule has 7 nitrogen and oxygen atoms in total. The highest BCUT2D eigenvalue weighted by Gasteiger charge is 2.38. The highest BCUT2D eigenvalue weighted by Crippen LogP contribution is 2.34. The third-order valence-electron chi connectivity index (χ3n) is 5.28. The summed E-state index contributed by atoms with van der Waals surface area (Å²) in [5, 5.41) is 19.6. The minimum absolute atomic E-state index is 0.0663. The Kier molecular flexibility index (Phi) is 8.54. The van der Waals surface area contributed by atoms with E-state index in [1.54, 1.807) is 32.9 Å². The molecule has 0 bridgehead atoms. The highest BCUT2D eigenvalue weighted by atomic mass is 32.2. The summed E-state index contributed by atoms with van der Waals surface area (Å²) in [6.07, 6.45) is 0.768. The molecule has 3 atom stereocenters. The van der Waals surface area contributed by atoms with Crippen LogP contribution in [0.3, 0.4) is 0 Å². The molecule has 1 aromatic rings. The van der Waals surface area contributed by atoms with Crippen molar-refractivity contribution < 1.29 is 23.4 Å². The predicted molar refractivity (Wildman–Crippen MR) is 121 cm³/mol. The molecule has 0 saturated carbocycles. The van der Waals surface area contributed by atoms with Crippen LogP contribution in [0.1, 0.15) is 46.6 Å². The third-order valence-corrected chi connectivity index (χ3v) is 7.30. The maximum absolute atomic E-state index is 13.4. The van der Waals surface area contributed by atoms with Crippen LogP contribution in [0.25, 0.3) is 0 Å². The average Bonchev–Trinajstić information content (AvgIpc) is 2.68. The van der Waals surface area contributed by atoms with Crippen LogP contribution in [0.5, 0.6) is 5.75 Å². The van der Waals surface area contributed by atoms with E-state index in [0.29, 0.717) is 12.1 Å². The lowest BCUT2D eigenvalue weighted by atomic mass is 10.0. The Labute approximate surface area is 187 Å². The van der Waals surface area contributed by atoms with Crippen LogP contribution in [0, 0.1) is 17.8 Å². The van der Waals surface area contributed by atoms with Crippen molar-refractivity contribution in [3.63, 3.8) is 0 Å². The van der Waals surface area contributed by atoms with Gasteiger partial charge in [0.2, 0.25) is 10.0 Å². The number of hydrogen-bond acceptors (Lipinski definition) is 6. The molecule has 2 rings (SSSR count). The maximum Gasteiger partial charge on any atom is 0.247 e. The Hall–Kier alpha value is -1.63. The topological polar surface area (TPSA) is 90.3 Å². The van der Waals surface area contributed by atoms with E-state index in [4.69, 9.17) is 4.74 Å². The lowest BCUT2D eigenvalue weighted by Crippen LogP contribution is -2.49. The monoisotopic (exact) mass is 452 g/mol. The van der Waals surface area contributed by atoms with Crippen LogP contribution >= 0.6 is 0 Å². The number of sulfonamides is 1. The number of likely N-dealkylation sites (N-methyl/N-ethyl adjacent to an activating group) is 1. The van der Waals surface area contributed by atoms with Gasteiger partial charge in [0.25, 0.3) is 0 Å². The van der Waals surface area contributed by atoms with Crippen LogP contribution in [-0.4, -0.2) is 78.9 Å². The Morgan fingerprint density at radius 3 is 2.65 bits per heavy atom. The van der Waals surface area contributed by atoms with Gasteiger partial charge >= 0.3 is 0 Å². The van der Waals surface area contributed by atoms with Gasteiger partial charge in [0, 0.05) is 30.6 Å². The normalized spacial score (nSPS) is 22.5. The van der Waals surface area contributed by atoms with Gasteiger partial charge in [-0.25, -0.2) is 8.42 Å². The molecule has 0 spiro atoms. The first-order chi connectivity index (χ1) is 14.4. The summed E-state index contributed by atoms with van der Waals surface area (Å²) >= 11 is 0. The zero-order valence-electron chi connectivity index (χ0n) is 19.4. The molecule has 1 heterocycles. The van der Waals surface area contributed by atoms with E-state index >= 15 is 0 Å². The number of aliphatic hydroxyl groups is 2. The molecule has 0 aromatic heterocycles. The van der Waals surface area contributed by atoms with Crippen molar-refractivity contribution in [3.05, 3.63) is 23.8 Å².